The van der Waals surface area contributed by atoms with Gasteiger partial charge in [0.25, 0.3) is 0 Å². The molecule has 0 aliphatic heterocycles. The molecule has 60 heavy (non-hydrogen) atoms. The molecule has 0 amide bonds. The topological polar surface area (TPSA) is 78.9 Å². The average Bonchev–Trinajstić information content (AvgIpc) is 3.25. The molecule has 0 saturated carbocycles. The van der Waals surface area contributed by atoms with Gasteiger partial charge in [0.1, 0.15) is 0 Å². The van der Waals surface area contributed by atoms with Crippen molar-refractivity contribution in [3.05, 3.63) is 0 Å². The van der Waals surface area contributed by atoms with Crippen molar-refractivity contribution in [2.24, 2.45) is 0 Å². The number of esters is 3. The van der Waals surface area contributed by atoms with Crippen LogP contribution in [0.3, 0.4) is 0 Å². The van der Waals surface area contributed by atoms with Crippen LogP contribution in [0.25, 0.3) is 0 Å². The van der Waals surface area contributed by atoms with Gasteiger partial charge in [0.05, 0.1) is 0 Å². The Hall–Kier alpha value is 0.259. The van der Waals surface area contributed by atoms with Crippen LogP contribution in [0.15, 0.2) is 0 Å². The SMILES string of the molecule is CCCCCCCCCCCCOC(=O)C[S][Sn]([CH2]CCCCCCC)([S]CC(=O)OCCCCCCCCCCCC)[S]CC(=O)OCCCCCCCCCCCC. The van der Waals surface area contributed by atoms with Crippen LogP contribution < -0.4 is 0 Å². The molecule has 10 heteroatoms. The van der Waals surface area contributed by atoms with Gasteiger partial charge in [0.2, 0.25) is 0 Å². The van der Waals surface area contributed by atoms with Crippen molar-refractivity contribution < 1.29 is 28.6 Å². The van der Waals surface area contributed by atoms with Crippen molar-refractivity contribution in [2.75, 3.05) is 37.1 Å². The van der Waals surface area contributed by atoms with E-state index < -0.39 is 14.2 Å². The Labute approximate surface area is 385 Å². The first-order valence-corrected chi connectivity index (χ1v) is 41.3. The molecular weight excluding hydrogens is 911 g/mol. The van der Waals surface area contributed by atoms with Crippen molar-refractivity contribution in [1.29, 1.82) is 0 Å². The monoisotopic (exact) mass is 1010 g/mol. The molecule has 0 rings (SSSR count). The van der Waals surface area contributed by atoms with Crippen LogP contribution in [0.4, 0.5) is 0 Å². The average molecular weight is 1010 g/mol. The van der Waals surface area contributed by atoms with Gasteiger partial charge in [0.15, 0.2) is 0 Å². The smallest absolute Gasteiger partial charge is 0.0654 e. The van der Waals surface area contributed by atoms with Crippen LogP contribution >= 0.6 is 26.8 Å². The van der Waals surface area contributed by atoms with Gasteiger partial charge < -0.3 is 0 Å². The summed E-state index contributed by atoms with van der Waals surface area (Å²) in [7, 11) is 5.25. The summed E-state index contributed by atoms with van der Waals surface area (Å²) < 4.78 is 18.2. The van der Waals surface area contributed by atoms with Crippen molar-refractivity contribution in [3.8, 4) is 0 Å². The maximum atomic E-state index is 13.1. The molecule has 0 aliphatic carbocycles. The number of carbonyl (C=O) groups excluding carboxylic acids is 3. The van der Waals surface area contributed by atoms with E-state index >= 15 is 0 Å². The summed E-state index contributed by atoms with van der Waals surface area (Å²) in [6, 6.07) is 0. The van der Waals surface area contributed by atoms with E-state index in [1.54, 1.807) is 26.8 Å². The van der Waals surface area contributed by atoms with E-state index in [1.807, 2.05) is 0 Å². The molecule has 0 saturated heterocycles. The predicted octanol–water partition coefficient (Wildman–Crippen LogP) is 16.9. The number of hydrogen-bond acceptors (Lipinski definition) is 9. The molecule has 0 spiro atoms. The predicted molar refractivity (Wildman–Crippen MR) is 270 cm³/mol. The first kappa shape index (κ1) is 60.3. The van der Waals surface area contributed by atoms with Crippen LogP contribution in [0, 0.1) is 0 Å². The van der Waals surface area contributed by atoms with Crippen LogP contribution in [0.2, 0.25) is 4.44 Å². The van der Waals surface area contributed by atoms with Gasteiger partial charge in [-0.25, -0.2) is 0 Å². The van der Waals surface area contributed by atoms with Gasteiger partial charge in [-0.05, 0) is 0 Å². The zero-order valence-corrected chi connectivity index (χ0v) is 45.4. The van der Waals surface area contributed by atoms with Crippen LogP contribution in [-0.4, -0.2) is 69.2 Å². The second-order valence-corrected chi connectivity index (χ2v) is 51.0. The molecule has 356 valence electrons. The Morgan fingerprint density at radius 1 is 0.300 bits per heavy atom. The Morgan fingerprint density at radius 3 is 0.733 bits per heavy atom. The van der Waals surface area contributed by atoms with Gasteiger partial charge in [-0.15, -0.1) is 0 Å². The summed E-state index contributed by atoms with van der Waals surface area (Å²) in [5.74, 6) is 0.413. The fourth-order valence-electron chi connectivity index (χ4n) is 7.42. The van der Waals surface area contributed by atoms with Crippen molar-refractivity contribution in [1.82, 2.24) is 0 Å². The fraction of sp³-hybridized carbons (Fsp3) is 0.940. The summed E-state index contributed by atoms with van der Waals surface area (Å²) in [4.78, 5) is 39.4. The molecule has 0 fully saturated rings. The zero-order valence-electron chi connectivity index (χ0n) is 40.1. The van der Waals surface area contributed by atoms with Crippen LogP contribution in [0.1, 0.15) is 259 Å². The number of ether oxygens (including phenoxy) is 3. The van der Waals surface area contributed by atoms with E-state index in [-0.39, 0.29) is 17.9 Å². The minimum atomic E-state index is -3.42. The Kier molecular flexibility index (Phi) is 48.9. The summed E-state index contributed by atoms with van der Waals surface area (Å²) in [5, 5.41) is 0. The molecule has 0 heterocycles. The number of unbranched alkanes of at least 4 members (excludes halogenated alkanes) is 32. The molecule has 0 unspecified atom stereocenters. The van der Waals surface area contributed by atoms with Crippen LogP contribution in [-0.2, 0) is 28.6 Å². The molecule has 0 aliphatic rings. The minimum Gasteiger partial charge on any atom is -0.0654 e. The maximum absolute atomic E-state index is 13.1. The van der Waals surface area contributed by atoms with E-state index in [9.17, 15) is 14.4 Å². The standard InChI is InChI=1S/3C14H28O2S.C8H17.Sn/c3*1-2-3-4-5-6-7-8-9-10-11-12-16-14(15)13-17;1-3-5-7-8-6-4-2;/h3*17H,2-13H2,1H3;1,3-8H2,2H3;/q;;;;+3/p-3. The number of carbonyl (C=O) groups is 3. The Morgan fingerprint density at radius 2 is 0.500 bits per heavy atom. The number of rotatable bonds is 49. The molecule has 0 radical (unpaired) electrons. The minimum absolute atomic E-state index is 0.159. The molecular formula is C50H98O6S3Sn. The summed E-state index contributed by atoms with van der Waals surface area (Å²) >= 11 is -3.42. The third-order valence-corrected chi connectivity index (χ3v) is 49.9. The van der Waals surface area contributed by atoms with E-state index in [0.717, 1.165) is 55.8 Å². The van der Waals surface area contributed by atoms with Crippen LogP contribution in [0.5, 0.6) is 0 Å². The molecule has 6 nitrogen and oxygen atoms in total. The molecule has 0 atom stereocenters. The molecule has 0 aromatic rings. The second kappa shape index (κ2) is 48.7. The first-order chi connectivity index (χ1) is 29.4. The van der Waals surface area contributed by atoms with Crippen molar-refractivity contribution in [3.63, 3.8) is 0 Å². The summed E-state index contributed by atoms with van der Waals surface area (Å²) in [6.45, 7) is 10.5. The Bertz CT molecular complexity index is 839. The third kappa shape index (κ3) is 43.5. The first-order valence-electron chi connectivity index (χ1n) is 25.8. The normalized spacial score (nSPS) is 11.6. The summed E-state index contributed by atoms with van der Waals surface area (Å²) in [6.07, 6.45) is 44.6. The van der Waals surface area contributed by atoms with Gasteiger partial charge >= 0.3 is 309 Å². The second-order valence-electron chi connectivity index (χ2n) is 17.3. The van der Waals surface area contributed by atoms with Crippen molar-refractivity contribution in [2.45, 2.75) is 263 Å². The zero-order chi connectivity index (χ0) is 43.9. The van der Waals surface area contributed by atoms with E-state index in [2.05, 4.69) is 27.7 Å². The number of hydrogen-bond donors (Lipinski definition) is 0. The molecule has 0 N–H and O–H groups in total. The van der Waals surface area contributed by atoms with Crippen molar-refractivity contribution >= 4 is 59.0 Å². The van der Waals surface area contributed by atoms with Gasteiger partial charge in [-0.1, -0.05) is 78.6 Å². The Balaban J connectivity index is 5.13. The summed E-state index contributed by atoms with van der Waals surface area (Å²) in [5.41, 5.74) is 0. The molecule has 0 aromatic carbocycles. The fourth-order valence-corrected chi connectivity index (χ4v) is 40.9. The van der Waals surface area contributed by atoms with E-state index in [4.69, 9.17) is 14.2 Å². The van der Waals surface area contributed by atoms with Gasteiger partial charge in [0, 0.05) is 0 Å². The van der Waals surface area contributed by atoms with E-state index in [0.29, 0.717) is 37.1 Å². The quantitative estimate of drug-likeness (QED) is 0.0256. The molecule has 0 bridgehead atoms. The van der Waals surface area contributed by atoms with E-state index in [1.165, 1.54) is 180 Å². The third-order valence-electron chi connectivity index (χ3n) is 11.3. The molecule has 0 aromatic heterocycles. The van der Waals surface area contributed by atoms with Gasteiger partial charge in [-0.2, -0.15) is 0 Å². The van der Waals surface area contributed by atoms with Gasteiger partial charge in [-0.3, -0.25) is 0 Å².